The highest BCUT2D eigenvalue weighted by molar-refractivity contribution is 7.89. The number of rotatable bonds is 4. The fourth-order valence-corrected chi connectivity index (χ4v) is 7.61. The standard InChI is InChI=1S/C17H29NO3S/c19-22(20,12-13-6-2-1-3-7-13)18-15-14-8-11-21-16(14)17(15)9-4-5-10-17/h13-16,18H,1-12H2/t14-,15+,16+/m0/s1. The first kappa shape index (κ1) is 15.4. The van der Waals surface area contributed by atoms with E-state index in [4.69, 9.17) is 4.74 Å². The van der Waals surface area contributed by atoms with Gasteiger partial charge in [-0.3, -0.25) is 0 Å². The number of hydrogen-bond acceptors (Lipinski definition) is 3. The molecule has 4 fully saturated rings. The Morgan fingerprint density at radius 2 is 1.73 bits per heavy atom. The SMILES string of the molecule is O=S(=O)(CC1CCCCC1)N[C@@H]1[C@@H]2CCO[C@H]2C12CCCC2. The van der Waals surface area contributed by atoms with E-state index in [9.17, 15) is 8.42 Å². The lowest BCUT2D eigenvalue weighted by molar-refractivity contribution is -0.123. The fraction of sp³-hybridized carbons (Fsp3) is 1.00. The van der Waals surface area contributed by atoms with Crippen LogP contribution in [0.2, 0.25) is 0 Å². The Kier molecular flexibility index (Phi) is 4.02. The first-order chi connectivity index (χ1) is 10.6. The average molecular weight is 327 g/mol. The molecule has 3 saturated carbocycles. The maximum absolute atomic E-state index is 12.7. The zero-order valence-corrected chi connectivity index (χ0v) is 14.2. The Hall–Kier alpha value is -0.130. The summed E-state index contributed by atoms with van der Waals surface area (Å²) in [6.07, 6.45) is 12.0. The first-order valence-corrected chi connectivity index (χ1v) is 10.9. The van der Waals surface area contributed by atoms with Gasteiger partial charge < -0.3 is 4.74 Å². The Morgan fingerprint density at radius 1 is 1.00 bits per heavy atom. The summed E-state index contributed by atoms with van der Waals surface area (Å²) in [4.78, 5) is 0. The summed E-state index contributed by atoms with van der Waals surface area (Å²) in [7, 11) is -3.15. The van der Waals surface area contributed by atoms with E-state index in [0.29, 0.717) is 23.7 Å². The minimum atomic E-state index is -3.15. The van der Waals surface area contributed by atoms with Crippen LogP contribution in [-0.4, -0.2) is 32.9 Å². The van der Waals surface area contributed by atoms with Crippen molar-refractivity contribution >= 4 is 10.0 Å². The van der Waals surface area contributed by atoms with Gasteiger partial charge in [0.05, 0.1) is 11.9 Å². The van der Waals surface area contributed by atoms with E-state index >= 15 is 0 Å². The normalized spacial score (nSPS) is 38.1. The van der Waals surface area contributed by atoms with Crippen LogP contribution >= 0.6 is 0 Å². The highest BCUT2D eigenvalue weighted by Gasteiger charge is 2.65. The summed E-state index contributed by atoms with van der Waals surface area (Å²) >= 11 is 0. The topological polar surface area (TPSA) is 55.4 Å². The van der Waals surface area contributed by atoms with Crippen molar-refractivity contribution < 1.29 is 13.2 Å². The smallest absolute Gasteiger partial charge is 0.212 e. The molecule has 0 aromatic rings. The molecule has 126 valence electrons. The van der Waals surface area contributed by atoms with E-state index in [-0.39, 0.29) is 11.5 Å². The van der Waals surface area contributed by atoms with Gasteiger partial charge in [-0.2, -0.15) is 0 Å². The molecule has 0 bridgehead atoms. The van der Waals surface area contributed by atoms with E-state index in [1.807, 2.05) is 0 Å². The molecular weight excluding hydrogens is 298 g/mol. The molecule has 3 atom stereocenters. The molecule has 1 aliphatic heterocycles. The van der Waals surface area contributed by atoms with E-state index < -0.39 is 10.0 Å². The minimum absolute atomic E-state index is 0.126. The molecule has 4 aliphatic rings. The van der Waals surface area contributed by atoms with E-state index in [0.717, 1.165) is 38.7 Å². The van der Waals surface area contributed by atoms with Crippen molar-refractivity contribution in [2.75, 3.05) is 12.4 Å². The zero-order chi connectivity index (χ0) is 15.2. The van der Waals surface area contributed by atoms with Crippen molar-refractivity contribution in [3.63, 3.8) is 0 Å². The fourth-order valence-electron chi connectivity index (χ4n) is 5.76. The van der Waals surface area contributed by atoms with Crippen LogP contribution < -0.4 is 4.72 Å². The monoisotopic (exact) mass is 327 g/mol. The predicted octanol–water partition coefficient (Wildman–Crippen LogP) is 2.83. The largest absolute Gasteiger partial charge is 0.377 e. The van der Waals surface area contributed by atoms with Crippen LogP contribution in [-0.2, 0) is 14.8 Å². The predicted molar refractivity (Wildman–Crippen MR) is 86.0 cm³/mol. The van der Waals surface area contributed by atoms with Crippen LogP contribution in [0.15, 0.2) is 0 Å². The van der Waals surface area contributed by atoms with Gasteiger partial charge >= 0.3 is 0 Å². The molecule has 0 unspecified atom stereocenters. The minimum Gasteiger partial charge on any atom is -0.377 e. The molecule has 0 amide bonds. The quantitative estimate of drug-likeness (QED) is 0.864. The molecule has 5 heteroatoms. The van der Waals surface area contributed by atoms with Gasteiger partial charge in [0.25, 0.3) is 0 Å². The number of hydrogen-bond donors (Lipinski definition) is 1. The van der Waals surface area contributed by atoms with Crippen LogP contribution in [0.25, 0.3) is 0 Å². The summed E-state index contributed by atoms with van der Waals surface area (Å²) in [5.74, 6) is 1.15. The molecule has 1 spiro atoms. The maximum atomic E-state index is 12.7. The molecule has 0 aromatic carbocycles. The van der Waals surface area contributed by atoms with Crippen molar-refractivity contribution in [1.82, 2.24) is 4.72 Å². The van der Waals surface area contributed by atoms with Crippen molar-refractivity contribution in [2.24, 2.45) is 17.3 Å². The van der Waals surface area contributed by atoms with Crippen LogP contribution in [0.5, 0.6) is 0 Å². The van der Waals surface area contributed by atoms with Gasteiger partial charge in [-0.25, -0.2) is 13.1 Å². The maximum Gasteiger partial charge on any atom is 0.212 e. The van der Waals surface area contributed by atoms with Gasteiger partial charge in [-0.15, -0.1) is 0 Å². The Bertz CT molecular complexity index is 506. The summed E-state index contributed by atoms with van der Waals surface area (Å²) in [5.41, 5.74) is 0.126. The van der Waals surface area contributed by atoms with Crippen LogP contribution in [0, 0.1) is 17.3 Å². The molecule has 4 rings (SSSR count). The Labute approximate surface area is 134 Å². The summed E-state index contributed by atoms with van der Waals surface area (Å²) in [6.45, 7) is 0.817. The average Bonchev–Trinajstić information content (AvgIpc) is 3.14. The second-order valence-electron chi connectivity index (χ2n) is 8.07. The number of nitrogens with one attached hydrogen (secondary N) is 1. The molecule has 3 aliphatic carbocycles. The third-order valence-electron chi connectivity index (χ3n) is 6.77. The van der Waals surface area contributed by atoms with Gasteiger partial charge in [0, 0.05) is 24.0 Å². The molecular formula is C17H29NO3S. The summed E-state index contributed by atoms with van der Waals surface area (Å²) < 4.78 is 34.4. The molecule has 4 nitrogen and oxygen atoms in total. The highest BCUT2D eigenvalue weighted by Crippen LogP contribution is 2.60. The number of ether oxygens (including phenoxy) is 1. The van der Waals surface area contributed by atoms with Crippen molar-refractivity contribution in [3.8, 4) is 0 Å². The Balaban J connectivity index is 1.44. The molecule has 1 saturated heterocycles. The molecule has 22 heavy (non-hydrogen) atoms. The third kappa shape index (κ3) is 2.53. The molecule has 0 radical (unpaired) electrons. The molecule has 1 N–H and O–H groups in total. The van der Waals surface area contributed by atoms with Gasteiger partial charge in [-0.05, 0) is 38.0 Å². The van der Waals surface area contributed by atoms with Gasteiger partial charge in [0.15, 0.2) is 0 Å². The van der Waals surface area contributed by atoms with Crippen molar-refractivity contribution in [1.29, 1.82) is 0 Å². The lowest BCUT2D eigenvalue weighted by atomic mass is 9.55. The zero-order valence-electron chi connectivity index (χ0n) is 13.4. The summed E-state index contributed by atoms with van der Waals surface area (Å²) in [5, 5.41) is 0. The lowest BCUT2D eigenvalue weighted by Crippen LogP contribution is -2.68. The van der Waals surface area contributed by atoms with Gasteiger partial charge in [-0.1, -0.05) is 32.1 Å². The van der Waals surface area contributed by atoms with Gasteiger partial charge in [0.1, 0.15) is 0 Å². The van der Waals surface area contributed by atoms with Crippen molar-refractivity contribution in [3.05, 3.63) is 0 Å². The molecule has 1 heterocycles. The Morgan fingerprint density at radius 3 is 2.45 bits per heavy atom. The summed E-state index contributed by atoms with van der Waals surface area (Å²) in [6, 6.07) is 0.149. The highest BCUT2D eigenvalue weighted by atomic mass is 32.2. The lowest BCUT2D eigenvalue weighted by Gasteiger charge is -2.56. The third-order valence-corrected chi connectivity index (χ3v) is 8.30. The number of sulfonamides is 1. The second kappa shape index (κ2) is 5.75. The van der Waals surface area contributed by atoms with E-state index in [1.54, 1.807) is 0 Å². The number of fused-ring (bicyclic) bond motifs is 2. The van der Waals surface area contributed by atoms with E-state index in [1.165, 1.54) is 32.1 Å². The van der Waals surface area contributed by atoms with Crippen LogP contribution in [0.4, 0.5) is 0 Å². The van der Waals surface area contributed by atoms with Gasteiger partial charge in [0.2, 0.25) is 10.0 Å². The second-order valence-corrected chi connectivity index (χ2v) is 9.86. The molecule has 0 aromatic heterocycles. The van der Waals surface area contributed by atoms with Crippen LogP contribution in [0.3, 0.4) is 0 Å². The van der Waals surface area contributed by atoms with E-state index in [2.05, 4.69) is 4.72 Å². The first-order valence-electron chi connectivity index (χ1n) is 9.22. The van der Waals surface area contributed by atoms with Crippen molar-refractivity contribution in [2.45, 2.75) is 76.4 Å². The van der Waals surface area contributed by atoms with Crippen LogP contribution in [0.1, 0.15) is 64.2 Å².